The molecule has 0 saturated heterocycles. The molecule has 0 aliphatic carbocycles. The van der Waals surface area contributed by atoms with Crippen LogP contribution < -0.4 is 0 Å². The Morgan fingerprint density at radius 1 is 1.12 bits per heavy atom. The van der Waals surface area contributed by atoms with E-state index in [0.717, 1.165) is 0 Å². The van der Waals surface area contributed by atoms with E-state index < -0.39 is 7.14 Å². The molecule has 0 saturated carbocycles. The maximum Gasteiger partial charge on any atom is 0.0869 e. The summed E-state index contributed by atoms with van der Waals surface area (Å²) < 4.78 is 11.2. The predicted octanol–water partition coefficient (Wildman–Crippen LogP) is 2.41. The monoisotopic (exact) mass is 134 g/mol. The van der Waals surface area contributed by atoms with Crippen LogP contribution in [0, 0.1) is 0 Å². The quantitative estimate of drug-likeness (QED) is 0.465. The lowest BCUT2D eigenvalue weighted by Crippen LogP contribution is -2.12. The average molecular weight is 134 g/mol. The second kappa shape index (κ2) is 1.88. The molecule has 0 N–H and O–H groups in total. The Kier molecular flexibility index (Phi) is 1.93. The van der Waals surface area contributed by atoms with Gasteiger partial charge in [0.15, 0.2) is 0 Å². The van der Waals surface area contributed by atoms with Crippen molar-refractivity contribution < 1.29 is 4.57 Å². The van der Waals surface area contributed by atoms with E-state index in [1.165, 1.54) is 0 Å². The first-order chi connectivity index (χ1) is 3.25. The van der Waals surface area contributed by atoms with Gasteiger partial charge in [0.2, 0.25) is 0 Å². The van der Waals surface area contributed by atoms with Gasteiger partial charge in [0.1, 0.15) is 0 Å². The molecule has 0 aliphatic heterocycles. The zero-order chi connectivity index (χ0) is 7.00. The maximum absolute atomic E-state index is 11.2. The van der Waals surface area contributed by atoms with Gasteiger partial charge in [0.05, 0.1) is 7.14 Å². The van der Waals surface area contributed by atoms with E-state index in [4.69, 9.17) is 0 Å². The number of hydrogen-bond acceptors (Lipinski definition) is 1. The highest BCUT2D eigenvalue weighted by Crippen LogP contribution is 2.50. The van der Waals surface area contributed by atoms with Gasteiger partial charge in [-0.15, -0.1) is 0 Å². The van der Waals surface area contributed by atoms with Crippen LogP contribution in [0.2, 0.25) is 0 Å². The van der Waals surface area contributed by atoms with Gasteiger partial charge in [0.25, 0.3) is 0 Å². The van der Waals surface area contributed by atoms with Crippen molar-refractivity contribution >= 4 is 7.14 Å². The molecule has 0 unspecified atom stereocenters. The van der Waals surface area contributed by atoms with Crippen molar-refractivity contribution in [2.75, 3.05) is 13.3 Å². The third-order valence-corrected chi connectivity index (χ3v) is 4.85. The highest BCUT2D eigenvalue weighted by Gasteiger charge is 2.25. The molecule has 0 aromatic rings. The molecule has 0 bridgehead atoms. The summed E-state index contributed by atoms with van der Waals surface area (Å²) in [6, 6.07) is 0. The molecular formula is C6H15OP. The van der Waals surface area contributed by atoms with Crippen LogP contribution in [-0.2, 0) is 4.57 Å². The molecule has 8 heavy (non-hydrogen) atoms. The Balaban J connectivity index is 4.26. The molecule has 0 radical (unpaired) electrons. The summed E-state index contributed by atoms with van der Waals surface area (Å²) in [5, 5.41) is -0.00694. The number of rotatable bonds is 0. The minimum absolute atomic E-state index is 0.00694. The van der Waals surface area contributed by atoms with E-state index in [0.29, 0.717) is 0 Å². The van der Waals surface area contributed by atoms with Gasteiger partial charge in [-0.2, -0.15) is 0 Å². The summed E-state index contributed by atoms with van der Waals surface area (Å²) in [5.74, 6) is 0. The Labute approximate surface area is 51.9 Å². The molecule has 0 aliphatic rings. The van der Waals surface area contributed by atoms with E-state index in [1.54, 1.807) is 0 Å². The third kappa shape index (κ3) is 2.00. The standard InChI is InChI=1S/C6H15OP/c1-6(2,3)8(4,5)7/h1-5H3. The molecule has 0 heterocycles. The van der Waals surface area contributed by atoms with E-state index in [-0.39, 0.29) is 5.16 Å². The zero-order valence-electron chi connectivity index (χ0n) is 6.36. The molecule has 2 heteroatoms. The summed E-state index contributed by atoms with van der Waals surface area (Å²) in [7, 11) is -1.85. The summed E-state index contributed by atoms with van der Waals surface area (Å²) >= 11 is 0. The SMILES string of the molecule is CC(C)(C)P(C)(C)=O. The van der Waals surface area contributed by atoms with Gasteiger partial charge in [-0.1, -0.05) is 20.8 Å². The first kappa shape index (κ1) is 8.23. The van der Waals surface area contributed by atoms with Gasteiger partial charge in [-0.3, -0.25) is 0 Å². The maximum atomic E-state index is 11.2. The molecular weight excluding hydrogens is 119 g/mol. The Morgan fingerprint density at radius 3 is 1.25 bits per heavy atom. The van der Waals surface area contributed by atoms with Crippen molar-refractivity contribution in [3.63, 3.8) is 0 Å². The molecule has 1 nitrogen and oxygen atoms in total. The van der Waals surface area contributed by atoms with Crippen LogP contribution in [0.3, 0.4) is 0 Å². The largest absolute Gasteiger partial charge is 0.324 e. The van der Waals surface area contributed by atoms with Crippen LogP contribution in [0.1, 0.15) is 20.8 Å². The highest BCUT2D eigenvalue weighted by atomic mass is 31.2. The topological polar surface area (TPSA) is 17.1 Å². The van der Waals surface area contributed by atoms with Gasteiger partial charge in [0, 0.05) is 5.16 Å². The molecule has 0 atom stereocenters. The van der Waals surface area contributed by atoms with Crippen LogP contribution >= 0.6 is 7.14 Å². The van der Waals surface area contributed by atoms with Gasteiger partial charge >= 0.3 is 0 Å². The molecule has 0 amide bonds. The summed E-state index contributed by atoms with van der Waals surface area (Å²) in [6.07, 6.45) is 0. The Hall–Kier alpha value is 0.230. The van der Waals surface area contributed by atoms with E-state index in [1.807, 2.05) is 34.1 Å². The second-order valence-electron chi connectivity index (χ2n) is 3.52. The van der Waals surface area contributed by atoms with Crippen LogP contribution in [0.15, 0.2) is 0 Å². The summed E-state index contributed by atoms with van der Waals surface area (Å²) in [4.78, 5) is 0. The lowest BCUT2D eigenvalue weighted by atomic mass is 10.3. The van der Waals surface area contributed by atoms with Crippen LogP contribution in [0.4, 0.5) is 0 Å². The van der Waals surface area contributed by atoms with Crippen molar-refractivity contribution in [1.29, 1.82) is 0 Å². The lowest BCUT2D eigenvalue weighted by Gasteiger charge is -2.23. The first-order valence-electron chi connectivity index (χ1n) is 2.80. The lowest BCUT2D eigenvalue weighted by molar-refractivity contribution is 0.558. The summed E-state index contributed by atoms with van der Waals surface area (Å²) in [5.41, 5.74) is 0. The minimum Gasteiger partial charge on any atom is -0.324 e. The van der Waals surface area contributed by atoms with E-state index >= 15 is 0 Å². The van der Waals surface area contributed by atoms with Gasteiger partial charge in [-0.05, 0) is 13.3 Å². The predicted molar refractivity (Wildman–Crippen MR) is 39.2 cm³/mol. The number of hydrogen-bond donors (Lipinski definition) is 0. The normalized spacial score (nSPS) is 14.1. The molecule has 0 aromatic carbocycles. The van der Waals surface area contributed by atoms with Crippen LogP contribution in [-0.4, -0.2) is 18.5 Å². The molecule has 0 aromatic heterocycles. The Morgan fingerprint density at radius 2 is 1.25 bits per heavy atom. The first-order valence-corrected chi connectivity index (χ1v) is 5.40. The molecule has 50 valence electrons. The van der Waals surface area contributed by atoms with Gasteiger partial charge < -0.3 is 4.57 Å². The molecule has 0 spiro atoms. The molecule has 0 fully saturated rings. The van der Waals surface area contributed by atoms with Crippen molar-refractivity contribution in [1.82, 2.24) is 0 Å². The van der Waals surface area contributed by atoms with Crippen molar-refractivity contribution in [2.45, 2.75) is 25.9 Å². The van der Waals surface area contributed by atoms with Crippen LogP contribution in [0.5, 0.6) is 0 Å². The van der Waals surface area contributed by atoms with Gasteiger partial charge in [-0.25, -0.2) is 0 Å². The summed E-state index contributed by atoms with van der Waals surface area (Å²) in [6.45, 7) is 9.68. The van der Waals surface area contributed by atoms with Crippen molar-refractivity contribution in [3.8, 4) is 0 Å². The zero-order valence-corrected chi connectivity index (χ0v) is 7.25. The minimum atomic E-state index is -1.85. The fourth-order valence-corrected chi connectivity index (χ4v) is 0. The van der Waals surface area contributed by atoms with E-state index in [2.05, 4.69) is 0 Å². The smallest absolute Gasteiger partial charge is 0.0869 e. The van der Waals surface area contributed by atoms with Crippen molar-refractivity contribution in [2.24, 2.45) is 0 Å². The van der Waals surface area contributed by atoms with Crippen LogP contribution in [0.25, 0.3) is 0 Å². The fourth-order valence-electron chi connectivity index (χ4n) is 0. The third-order valence-electron chi connectivity index (χ3n) is 1.62. The van der Waals surface area contributed by atoms with E-state index in [9.17, 15) is 4.57 Å². The average Bonchev–Trinajstić information content (AvgIpc) is 1.25. The second-order valence-corrected chi connectivity index (χ2v) is 7.57. The Bertz CT molecular complexity index is 115. The molecule has 0 rings (SSSR count). The fraction of sp³-hybridized carbons (Fsp3) is 1.00. The van der Waals surface area contributed by atoms with Crippen molar-refractivity contribution in [3.05, 3.63) is 0 Å². The highest BCUT2D eigenvalue weighted by molar-refractivity contribution is 7.63.